The predicted octanol–water partition coefficient (Wildman–Crippen LogP) is 1.53. The van der Waals surface area contributed by atoms with Crippen molar-refractivity contribution < 1.29 is 9.53 Å². The van der Waals surface area contributed by atoms with Crippen LogP contribution in [0.1, 0.15) is 24.8 Å². The van der Waals surface area contributed by atoms with Gasteiger partial charge in [0, 0.05) is 19.1 Å². The van der Waals surface area contributed by atoms with Gasteiger partial charge in [-0.3, -0.25) is 4.79 Å². The molecule has 2 fully saturated rings. The molecule has 1 amide bonds. The molecule has 2 bridgehead atoms. The van der Waals surface area contributed by atoms with Gasteiger partial charge in [-0.15, -0.1) is 0 Å². The third kappa shape index (κ3) is 2.59. The Morgan fingerprint density at radius 1 is 1.32 bits per heavy atom. The summed E-state index contributed by atoms with van der Waals surface area (Å²) in [6.45, 7) is 1.60. The zero-order chi connectivity index (χ0) is 13.2. The lowest BCUT2D eigenvalue weighted by Gasteiger charge is -2.26. The third-order valence-corrected chi connectivity index (χ3v) is 4.25. The molecule has 0 spiro atoms. The molecule has 2 unspecified atom stereocenters. The number of ether oxygens (including phenoxy) is 1. The van der Waals surface area contributed by atoms with E-state index in [1.54, 1.807) is 0 Å². The minimum atomic E-state index is 0.120. The van der Waals surface area contributed by atoms with Crippen LogP contribution in [0.2, 0.25) is 0 Å². The van der Waals surface area contributed by atoms with Crippen LogP contribution in [0.3, 0.4) is 0 Å². The fourth-order valence-electron chi connectivity index (χ4n) is 3.18. The summed E-state index contributed by atoms with van der Waals surface area (Å²) in [4.78, 5) is 14.1. The van der Waals surface area contributed by atoms with E-state index < -0.39 is 0 Å². The first-order chi connectivity index (χ1) is 9.26. The van der Waals surface area contributed by atoms with E-state index in [0.717, 1.165) is 23.8 Å². The minimum Gasteiger partial charge on any atom is -0.484 e. The van der Waals surface area contributed by atoms with Crippen molar-refractivity contribution in [2.24, 2.45) is 11.7 Å². The highest BCUT2D eigenvalue weighted by Crippen LogP contribution is 2.37. The number of piperidine rings is 1. The third-order valence-electron chi connectivity index (χ3n) is 4.25. The van der Waals surface area contributed by atoms with Gasteiger partial charge in [0.25, 0.3) is 5.91 Å². The van der Waals surface area contributed by atoms with E-state index >= 15 is 0 Å². The summed E-state index contributed by atoms with van der Waals surface area (Å²) in [6.07, 6.45) is 3.65. The molecule has 1 saturated heterocycles. The van der Waals surface area contributed by atoms with Gasteiger partial charge < -0.3 is 15.4 Å². The first kappa shape index (κ1) is 12.5. The van der Waals surface area contributed by atoms with Gasteiger partial charge >= 0.3 is 0 Å². The maximum Gasteiger partial charge on any atom is 0.260 e. The van der Waals surface area contributed by atoms with Crippen molar-refractivity contribution >= 4 is 5.91 Å². The Labute approximate surface area is 113 Å². The Morgan fingerprint density at radius 2 is 2.11 bits per heavy atom. The molecule has 0 radical (unpaired) electrons. The number of hydrogen-bond acceptors (Lipinski definition) is 3. The molecule has 1 saturated carbocycles. The fourth-order valence-corrected chi connectivity index (χ4v) is 3.18. The van der Waals surface area contributed by atoms with Crippen LogP contribution >= 0.6 is 0 Å². The molecule has 1 aliphatic carbocycles. The molecule has 102 valence electrons. The smallest absolute Gasteiger partial charge is 0.260 e. The number of fused-ring (bicyclic) bond motifs is 2. The maximum absolute atomic E-state index is 12.1. The van der Waals surface area contributed by atoms with Crippen LogP contribution in [0.5, 0.6) is 5.75 Å². The summed E-state index contributed by atoms with van der Waals surface area (Å²) in [6, 6.07) is 8.06. The Morgan fingerprint density at radius 3 is 2.68 bits per heavy atom. The number of nitrogens with two attached hydrogens (primary N) is 1. The summed E-state index contributed by atoms with van der Waals surface area (Å²) >= 11 is 0. The molecule has 2 N–H and O–H groups in total. The number of rotatable bonds is 4. The van der Waals surface area contributed by atoms with Crippen LogP contribution in [-0.4, -0.2) is 30.0 Å². The van der Waals surface area contributed by atoms with Crippen molar-refractivity contribution in [3.05, 3.63) is 29.8 Å². The predicted molar refractivity (Wildman–Crippen MR) is 72.7 cm³/mol. The first-order valence-electron chi connectivity index (χ1n) is 6.97. The van der Waals surface area contributed by atoms with Gasteiger partial charge in [0.05, 0.1) is 0 Å². The van der Waals surface area contributed by atoms with Crippen molar-refractivity contribution in [2.75, 3.05) is 13.2 Å². The highest BCUT2D eigenvalue weighted by atomic mass is 16.5. The summed E-state index contributed by atoms with van der Waals surface area (Å²) in [5, 5.41) is 0. The molecule has 2 atom stereocenters. The molecule has 0 aromatic heterocycles. The number of amides is 1. The lowest BCUT2D eigenvalue weighted by Crippen LogP contribution is -2.40. The van der Waals surface area contributed by atoms with Gasteiger partial charge in [-0.1, -0.05) is 12.1 Å². The van der Waals surface area contributed by atoms with E-state index in [2.05, 4.69) is 0 Å². The van der Waals surface area contributed by atoms with E-state index in [4.69, 9.17) is 10.5 Å². The Hall–Kier alpha value is -1.55. The van der Waals surface area contributed by atoms with Crippen molar-refractivity contribution in [1.82, 2.24) is 4.90 Å². The van der Waals surface area contributed by atoms with Crippen LogP contribution in [0, 0.1) is 5.92 Å². The molecule has 4 heteroatoms. The topological polar surface area (TPSA) is 55.6 Å². The lowest BCUT2D eigenvalue weighted by molar-refractivity contribution is -0.135. The van der Waals surface area contributed by atoms with Gasteiger partial charge in [0.15, 0.2) is 6.61 Å². The van der Waals surface area contributed by atoms with Crippen LogP contribution < -0.4 is 10.5 Å². The molecule has 1 heterocycles. The average molecular weight is 260 g/mol. The second-order valence-corrected chi connectivity index (χ2v) is 5.52. The largest absolute Gasteiger partial charge is 0.484 e. The van der Waals surface area contributed by atoms with Gasteiger partial charge in [0.2, 0.25) is 0 Å². The van der Waals surface area contributed by atoms with E-state index in [1.807, 2.05) is 29.2 Å². The van der Waals surface area contributed by atoms with Gasteiger partial charge in [-0.25, -0.2) is 0 Å². The monoisotopic (exact) mass is 260 g/mol. The maximum atomic E-state index is 12.1. The standard InChI is InChI=1S/C15H20N2O2/c16-8-11-2-5-14(6-3-11)19-10-15(18)17-9-12-1-4-13(17)7-12/h2-3,5-6,12-13H,1,4,7-10,16H2. The summed E-state index contributed by atoms with van der Waals surface area (Å²) < 4.78 is 5.56. The SMILES string of the molecule is NCc1ccc(OCC(=O)N2CC3CCC2C3)cc1. The molecule has 1 aromatic rings. The average Bonchev–Trinajstić information content (AvgIpc) is 3.08. The van der Waals surface area contributed by atoms with E-state index in [1.165, 1.54) is 19.3 Å². The molecule has 2 aliphatic rings. The second-order valence-electron chi connectivity index (χ2n) is 5.52. The van der Waals surface area contributed by atoms with E-state index in [9.17, 15) is 4.79 Å². The van der Waals surface area contributed by atoms with Crippen LogP contribution in [0.4, 0.5) is 0 Å². The summed E-state index contributed by atoms with van der Waals surface area (Å²) in [5.74, 6) is 1.59. The van der Waals surface area contributed by atoms with Gasteiger partial charge in [-0.2, -0.15) is 0 Å². The number of carbonyl (C=O) groups is 1. The zero-order valence-electron chi connectivity index (χ0n) is 11.0. The second kappa shape index (κ2) is 5.21. The number of benzene rings is 1. The fraction of sp³-hybridized carbons (Fsp3) is 0.533. The van der Waals surface area contributed by atoms with Crippen molar-refractivity contribution in [3.8, 4) is 5.75 Å². The molecular formula is C15H20N2O2. The van der Waals surface area contributed by atoms with E-state index in [-0.39, 0.29) is 12.5 Å². The Kier molecular flexibility index (Phi) is 3.42. The van der Waals surface area contributed by atoms with E-state index in [0.29, 0.717) is 12.6 Å². The number of hydrogen-bond donors (Lipinski definition) is 1. The first-order valence-corrected chi connectivity index (χ1v) is 6.97. The molecule has 3 rings (SSSR count). The molecular weight excluding hydrogens is 240 g/mol. The van der Waals surface area contributed by atoms with Crippen molar-refractivity contribution in [2.45, 2.75) is 31.8 Å². The molecule has 1 aliphatic heterocycles. The number of carbonyl (C=O) groups excluding carboxylic acids is 1. The number of likely N-dealkylation sites (tertiary alicyclic amines) is 1. The summed E-state index contributed by atoms with van der Waals surface area (Å²) in [5.41, 5.74) is 6.60. The minimum absolute atomic E-state index is 0.120. The Balaban J connectivity index is 1.52. The normalized spacial score (nSPS) is 24.8. The molecule has 19 heavy (non-hydrogen) atoms. The van der Waals surface area contributed by atoms with Crippen LogP contribution in [0.25, 0.3) is 0 Å². The molecule has 4 nitrogen and oxygen atoms in total. The number of nitrogens with zero attached hydrogens (tertiary/aromatic N) is 1. The van der Waals surface area contributed by atoms with Gasteiger partial charge in [0.1, 0.15) is 5.75 Å². The Bertz CT molecular complexity index is 458. The van der Waals surface area contributed by atoms with Gasteiger partial charge in [-0.05, 0) is 42.9 Å². The molecule has 1 aromatic carbocycles. The lowest BCUT2D eigenvalue weighted by atomic mass is 10.1. The summed E-state index contributed by atoms with van der Waals surface area (Å²) in [7, 11) is 0. The van der Waals surface area contributed by atoms with Crippen LogP contribution in [-0.2, 0) is 11.3 Å². The highest BCUT2D eigenvalue weighted by molar-refractivity contribution is 5.78. The van der Waals surface area contributed by atoms with Crippen LogP contribution in [0.15, 0.2) is 24.3 Å². The van der Waals surface area contributed by atoms with Crippen molar-refractivity contribution in [3.63, 3.8) is 0 Å². The zero-order valence-corrected chi connectivity index (χ0v) is 11.0. The highest BCUT2D eigenvalue weighted by Gasteiger charge is 2.40. The van der Waals surface area contributed by atoms with Crippen molar-refractivity contribution in [1.29, 1.82) is 0 Å². The quantitative estimate of drug-likeness (QED) is 0.893.